The SMILES string of the molecule is CSc1ccc(S(=O)(=O)NCC(=O)O)cc1. The Morgan fingerprint density at radius 3 is 2.38 bits per heavy atom. The van der Waals surface area contributed by atoms with E-state index in [4.69, 9.17) is 5.11 Å². The minimum absolute atomic E-state index is 0.0616. The maximum absolute atomic E-state index is 11.6. The van der Waals surface area contributed by atoms with Crippen LogP contribution in [0.25, 0.3) is 0 Å². The number of nitrogens with one attached hydrogen (secondary N) is 1. The van der Waals surface area contributed by atoms with Crippen LogP contribution in [0.3, 0.4) is 0 Å². The molecule has 5 nitrogen and oxygen atoms in total. The Morgan fingerprint density at radius 1 is 1.38 bits per heavy atom. The predicted molar refractivity (Wildman–Crippen MR) is 61.0 cm³/mol. The second-order valence-electron chi connectivity index (χ2n) is 2.89. The molecule has 0 bridgehead atoms. The summed E-state index contributed by atoms with van der Waals surface area (Å²) in [5, 5.41) is 8.38. The highest BCUT2D eigenvalue weighted by atomic mass is 32.2. The third-order valence-electron chi connectivity index (χ3n) is 1.78. The Labute approximate surface area is 97.9 Å². The van der Waals surface area contributed by atoms with Gasteiger partial charge < -0.3 is 5.11 Å². The van der Waals surface area contributed by atoms with Crippen LogP contribution in [0.2, 0.25) is 0 Å². The van der Waals surface area contributed by atoms with Gasteiger partial charge in [-0.25, -0.2) is 8.42 Å². The van der Waals surface area contributed by atoms with Crippen LogP contribution in [-0.2, 0) is 14.8 Å². The third kappa shape index (κ3) is 3.51. The van der Waals surface area contributed by atoms with E-state index in [0.717, 1.165) is 4.90 Å². The van der Waals surface area contributed by atoms with Gasteiger partial charge in [0.25, 0.3) is 0 Å². The molecule has 0 heterocycles. The van der Waals surface area contributed by atoms with Crippen LogP contribution in [0.4, 0.5) is 0 Å². The highest BCUT2D eigenvalue weighted by Crippen LogP contribution is 2.17. The van der Waals surface area contributed by atoms with Crippen LogP contribution in [0.15, 0.2) is 34.1 Å². The fourth-order valence-electron chi connectivity index (χ4n) is 0.995. The van der Waals surface area contributed by atoms with Gasteiger partial charge >= 0.3 is 5.97 Å². The third-order valence-corrected chi connectivity index (χ3v) is 3.94. The standard InChI is InChI=1S/C9H11NO4S2/c1-15-7-2-4-8(5-3-7)16(13,14)10-6-9(11)12/h2-5,10H,6H2,1H3,(H,11,12). The molecule has 0 radical (unpaired) electrons. The molecule has 0 amide bonds. The molecule has 16 heavy (non-hydrogen) atoms. The fourth-order valence-corrected chi connectivity index (χ4v) is 2.38. The molecular weight excluding hydrogens is 250 g/mol. The van der Waals surface area contributed by atoms with Crippen molar-refractivity contribution in [3.8, 4) is 0 Å². The highest BCUT2D eigenvalue weighted by molar-refractivity contribution is 7.98. The summed E-state index contributed by atoms with van der Waals surface area (Å²) in [6.45, 7) is -0.618. The number of benzene rings is 1. The first-order chi connectivity index (χ1) is 7.45. The largest absolute Gasteiger partial charge is 0.480 e. The fraction of sp³-hybridized carbons (Fsp3) is 0.222. The lowest BCUT2D eigenvalue weighted by molar-refractivity contribution is -0.135. The van der Waals surface area contributed by atoms with Gasteiger partial charge in [-0.05, 0) is 30.5 Å². The van der Waals surface area contributed by atoms with Gasteiger partial charge in [0, 0.05) is 4.90 Å². The number of rotatable bonds is 5. The van der Waals surface area contributed by atoms with Crippen LogP contribution in [0.5, 0.6) is 0 Å². The van der Waals surface area contributed by atoms with Crippen molar-refractivity contribution in [2.24, 2.45) is 0 Å². The summed E-state index contributed by atoms with van der Waals surface area (Å²) in [7, 11) is -3.72. The van der Waals surface area contributed by atoms with Gasteiger partial charge in [-0.3, -0.25) is 4.79 Å². The molecule has 0 saturated heterocycles. The van der Waals surface area contributed by atoms with E-state index in [1.807, 2.05) is 11.0 Å². The average Bonchev–Trinajstić information content (AvgIpc) is 2.27. The van der Waals surface area contributed by atoms with Gasteiger partial charge in [-0.1, -0.05) is 0 Å². The van der Waals surface area contributed by atoms with E-state index in [-0.39, 0.29) is 4.90 Å². The molecule has 0 fully saturated rings. The maximum Gasteiger partial charge on any atom is 0.318 e. The molecule has 0 unspecified atom stereocenters. The van der Waals surface area contributed by atoms with Crippen LogP contribution >= 0.6 is 11.8 Å². The smallest absolute Gasteiger partial charge is 0.318 e. The van der Waals surface area contributed by atoms with Crippen molar-refractivity contribution in [1.82, 2.24) is 4.72 Å². The number of thioether (sulfide) groups is 1. The van der Waals surface area contributed by atoms with Crippen LogP contribution in [0.1, 0.15) is 0 Å². The lowest BCUT2D eigenvalue weighted by Crippen LogP contribution is -2.29. The molecule has 2 N–H and O–H groups in total. The van der Waals surface area contributed by atoms with Crippen molar-refractivity contribution >= 4 is 27.8 Å². The molecule has 0 aliphatic carbocycles. The quantitative estimate of drug-likeness (QED) is 0.765. The molecule has 0 spiro atoms. The number of aliphatic carboxylic acids is 1. The molecule has 1 aromatic rings. The average molecular weight is 261 g/mol. The second kappa shape index (κ2) is 5.33. The summed E-state index contributed by atoms with van der Waals surface area (Å²) in [5.74, 6) is -1.22. The minimum Gasteiger partial charge on any atom is -0.480 e. The molecule has 1 rings (SSSR count). The Bertz CT molecular complexity index is 467. The number of carboxylic acids is 1. The van der Waals surface area contributed by atoms with E-state index in [9.17, 15) is 13.2 Å². The zero-order valence-corrected chi connectivity index (χ0v) is 10.1. The maximum atomic E-state index is 11.6. The Kier molecular flexibility index (Phi) is 4.34. The first kappa shape index (κ1) is 13.0. The van der Waals surface area contributed by atoms with Gasteiger partial charge in [0.1, 0.15) is 6.54 Å². The van der Waals surface area contributed by atoms with Crippen molar-refractivity contribution in [1.29, 1.82) is 0 Å². The molecular formula is C9H11NO4S2. The summed E-state index contributed by atoms with van der Waals surface area (Å²) in [6.07, 6.45) is 1.88. The Hall–Kier alpha value is -1.05. The van der Waals surface area contributed by atoms with Crippen molar-refractivity contribution in [3.05, 3.63) is 24.3 Å². The summed E-state index contributed by atoms with van der Waals surface area (Å²) in [4.78, 5) is 11.3. The van der Waals surface area contributed by atoms with Gasteiger partial charge in [-0.2, -0.15) is 4.72 Å². The molecule has 1 aromatic carbocycles. The van der Waals surface area contributed by atoms with Gasteiger partial charge in [0.2, 0.25) is 10.0 Å². The topological polar surface area (TPSA) is 83.5 Å². The zero-order valence-electron chi connectivity index (χ0n) is 8.50. The van der Waals surface area contributed by atoms with E-state index in [0.29, 0.717) is 0 Å². The minimum atomic E-state index is -3.72. The Balaban J connectivity index is 2.85. The van der Waals surface area contributed by atoms with Crippen molar-refractivity contribution in [3.63, 3.8) is 0 Å². The molecule has 0 aromatic heterocycles. The van der Waals surface area contributed by atoms with E-state index >= 15 is 0 Å². The lowest BCUT2D eigenvalue weighted by Gasteiger charge is -2.04. The zero-order chi connectivity index (χ0) is 12.2. The molecule has 0 aliphatic heterocycles. The monoisotopic (exact) mass is 261 g/mol. The number of hydrogen-bond acceptors (Lipinski definition) is 4. The number of carboxylic acid groups (broad SMARTS) is 1. The van der Waals surface area contributed by atoms with Gasteiger partial charge in [-0.15, -0.1) is 11.8 Å². The first-order valence-corrected chi connectivity index (χ1v) is 7.02. The normalized spacial score (nSPS) is 11.3. The molecule has 0 saturated carbocycles. The molecule has 0 atom stereocenters. The van der Waals surface area contributed by atoms with E-state index < -0.39 is 22.5 Å². The summed E-state index contributed by atoms with van der Waals surface area (Å²) in [5.41, 5.74) is 0. The predicted octanol–water partition coefficient (Wildman–Crippen LogP) is 0.771. The number of carbonyl (C=O) groups is 1. The van der Waals surface area contributed by atoms with Crippen molar-refractivity contribution in [2.75, 3.05) is 12.8 Å². The van der Waals surface area contributed by atoms with E-state index in [1.54, 1.807) is 12.1 Å². The van der Waals surface area contributed by atoms with Crippen LogP contribution in [-0.4, -0.2) is 32.3 Å². The number of sulfonamides is 1. The molecule has 7 heteroatoms. The Morgan fingerprint density at radius 2 is 1.94 bits per heavy atom. The van der Waals surface area contributed by atoms with Crippen LogP contribution < -0.4 is 4.72 Å². The number of hydrogen-bond donors (Lipinski definition) is 2. The summed E-state index contributed by atoms with van der Waals surface area (Å²) < 4.78 is 25.1. The van der Waals surface area contributed by atoms with Crippen LogP contribution in [0, 0.1) is 0 Å². The summed E-state index contributed by atoms with van der Waals surface area (Å²) >= 11 is 1.50. The van der Waals surface area contributed by atoms with Crippen molar-refractivity contribution in [2.45, 2.75) is 9.79 Å². The van der Waals surface area contributed by atoms with Gasteiger partial charge in [0.05, 0.1) is 4.90 Å². The van der Waals surface area contributed by atoms with Crippen molar-refractivity contribution < 1.29 is 18.3 Å². The van der Waals surface area contributed by atoms with E-state index in [1.165, 1.54) is 23.9 Å². The van der Waals surface area contributed by atoms with Gasteiger partial charge in [0.15, 0.2) is 0 Å². The lowest BCUT2D eigenvalue weighted by atomic mass is 10.4. The van der Waals surface area contributed by atoms with E-state index in [2.05, 4.69) is 0 Å². The molecule has 88 valence electrons. The second-order valence-corrected chi connectivity index (χ2v) is 5.54. The summed E-state index contributed by atoms with van der Waals surface area (Å²) in [6, 6.07) is 6.21. The molecule has 0 aliphatic rings. The highest BCUT2D eigenvalue weighted by Gasteiger charge is 2.14. The first-order valence-electron chi connectivity index (χ1n) is 4.31.